The molecule has 0 amide bonds. The molecule has 0 radical (unpaired) electrons. The summed E-state index contributed by atoms with van der Waals surface area (Å²) < 4.78 is 23.5. The Bertz CT molecular complexity index is 657. The standard InChI is InChI=1S/C11H6N2O2S/c1-13-10(6-12)9-7-16(14,15)11-5-3-2-4-8(9)11/h2-5H,7H2/b10-9-. The van der Waals surface area contributed by atoms with Crippen molar-refractivity contribution in [2.45, 2.75) is 4.90 Å². The lowest BCUT2D eigenvalue weighted by atomic mass is 10.1. The van der Waals surface area contributed by atoms with Gasteiger partial charge in [-0.2, -0.15) is 0 Å². The summed E-state index contributed by atoms with van der Waals surface area (Å²) in [5.74, 6) is -0.252. The first kappa shape index (κ1) is 10.4. The van der Waals surface area contributed by atoms with Crippen LogP contribution in [0.3, 0.4) is 0 Å². The van der Waals surface area contributed by atoms with E-state index in [1.54, 1.807) is 24.3 Å². The lowest BCUT2D eigenvalue weighted by Gasteiger charge is -1.97. The molecular formula is C11H6N2O2S. The van der Waals surface area contributed by atoms with Crippen molar-refractivity contribution in [3.63, 3.8) is 0 Å². The molecule has 2 rings (SSSR count). The summed E-state index contributed by atoms with van der Waals surface area (Å²) in [4.78, 5) is 3.27. The van der Waals surface area contributed by atoms with Crippen molar-refractivity contribution in [2.75, 3.05) is 5.75 Å². The number of hydrogen-bond acceptors (Lipinski definition) is 3. The number of hydrogen-bond donors (Lipinski definition) is 0. The van der Waals surface area contributed by atoms with E-state index < -0.39 is 9.84 Å². The van der Waals surface area contributed by atoms with Crippen LogP contribution in [0.4, 0.5) is 0 Å². The van der Waals surface area contributed by atoms with Crippen LogP contribution in [0.15, 0.2) is 34.9 Å². The van der Waals surface area contributed by atoms with Crippen LogP contribution in [-0.4, -0.2) is 14.2 Å². The Balaban J connectivity index is 2.83. The second-order valence-electron chi connectivity index (χ2n) is 3.31. The summed E-state index contributed by atoms with van der Waals surface area (Å²) in [5, 5.41) is 8.77. The number of fused-ring (bicyclic) bond motifs is 1. The lowest BCUT2D eigenvalue weighted by Crippen LogP contribution is -1.98. The van der Waals surface area contributed by atoms with Gasteiger partial charge in [-0.3, -0.25) is 0 Å². The van der Waals surface area contributed by atoms with Crippen molar-refractivity contribution in [1.82, 2.24) is 0 Å². The molecule has 0 atom stereocenters. The zero-order chi connectivity index (χ0) is 11.8. The highest BCUT2D eigenvalue weighted by molar-refractivity contribution is 7.92. The second-order valence-corrected chi connectivity index (χ2v) is 5.26. The van der Waals surface area contributed by atoms with Crippen LogP contribution in [-0.2, 0) is 9.84 Å². The third-order valence-corrected chi connectivity index (χ3v) is 4.08. The Labute approximate surface area is 93.2 Å². The van der Waals surface area contributed by atoms with Gasteiger partial charge in [0, 0.05) is 0 Å². The van der Waals surface area contributed by atoms with Crippen molar-refractivity contribution in [1.29, 1.82) is 5.26 Å². The molecule has 0 saturated heterocycles. The van der Waals surface area contributed by atoms with E-state index in [-0.39, 0.29) is 16.3 Å². The minimum atomic E-state index is -3.37. The highest BCUT2D eigenvalue weighted by Crippen LogP contribution is 2.35. The Kier molecular flexibility index (Phi) is 2.26. The Morgan fingerprint density at radius 1 is 1.44 bits per heavy atom. The zero-order valence-electron chi connectivity index (χ0n) is 8.14. The fourth-order valence-electron chi connectivity index (χ4n) is 1.69. The van der Waals surface area contributed by atoms with Gasteiger partial charge in [0.25, 0.3) is 5.70 Å². The van der Waals surface area contributed by atoms with Crippen molar-refractivity contribution in [2.24, 2.45) is 0 Å². The van der Waals surface area contributed by atoms with Gasteiger partial charge < -0.3 is 0 Å². The maximum atomic E-state index is 11.8. The van der Waals surface area contributed by atoms with Crippen LogP contribution in [0.25, 0.3) is 10.4 Å². The molecule has 0 bridgehead atoms. The van der Waals surface area contributed by atoms with E-state index >= 15 is 0 Å². The molecular weight excluding hydrogens is 224 g/mol. The first-order chi connectivity index (χ1) is 7.60. The number of sulfone groups is 1. The summed E-state index contributed by atoms with van der Waals surface area (Å²) in [7, 11) is -3.37. The summed E-state index contributed by atoms with van der Waals surface area (Å²) in [6.07, 6.45) is 0. The first-order valence-electron chi connectivity index (χ1n) is 4.43. The quantitative estimate of drug-likeness (QED) is 0.502. The van der Waals surface area contributed by atoms with Crippen molar-refractivity contribution in [3.05, 3.63) is 46.9 Å². The molecule has 1 aliphatic heterocycles. The SMILES string of the molecule is [C-]#[N+]/C(C#N)=C1/CS(=O)(=O)c2ccccc21. The van der Waals surface area contributed by atoms with Gasteiger partial charge >= 0.3 is 0 Å². The van der Waals surface area contributed by atoms with Crippen LogP contribution in [0, 0.1) is 17.9 Å². The number of nitriles is 1. The van der Waals surface area contributed by atoms with E-state index in [9.17, 15) is 8.42 Å². The molecule has 1 aromatic carbocycles. The van der Waals surface area contributed by atoms with Gasteiger partial charge in [0.2, 0.25) is 0 Å². The van der Waals surface area contributed by atoms with Gasteiger partial charge in [-0.15, -0.1) is 0 Å². The molecule has 1 heterocycles. The average Bonchev–Trinajstić information content (AvgIpc) is 2.54. The Hall–Kier alpha value is -2.11. The van der Waals surface area contributed by atoms with E-state index in [1.165, 1.54) is 6.07 Å². The lowest BCUT2D eigenvalue weighted by molar-refractivity contribution is 0.601. The molecule has 0 spiro atoms. The highest BCUT2D eigenvalue weighted by atomic mass is 32.2. The van der Waals surface area contributed by atoms with Crippen LogP contribution < -0.4 is 0 Å². The van der Waals surface area contributed by atoms with Crippen LogP contribution in [0.1, 0.15) is 5.56 Å². The molecule has 1 aromatic rings. The summed E-state index contributed by atoms with van der Waals surface area (Å²) >= 11 is 0. The van der Waals surface area contributed by atoms with E-state index in [0.717, 1.165) is 0 Å². The summed E-state index contributed by atoms with van der Waals surface area (Å²) in [6.45, 7) is 6.85. The third kappa shape index (κ3) is 1.39. The molecule has 78 valence electrons. The number of benzene rings is 1. The predicted octanol–water partition coefficient (Wildman–Crippen LogP) is 1.63. The molecule has 0 aliphatic carbocycles. The molecule has 0 saturated carbocycles. The highest BCUT2D eigenvalue weighted by Gasteiger charge is 2.31. The van der Waals surface area contributed by atoms with Crippen molar-refractivity contribution in [3.8, 4) is 6.07 Å². The van der Waals surface area contributed by atoms with Gasteiger partial charge in [-0.05, 0) is 17.2 Å². The maximum absolute atomic E-state index is 11.8. The number of allylic oxidation sites excluding steroid dienone is 1. The predicted molar refractivity (Wildman–Crippen MR) is 57.6 cm³/mol. The van der Waals surface area contributed by atoms with Gasteiger partial charge in [0.05, 0.1) is 23.3 Å². The van der Waals surface area contributed by atoms with Crippen LogP contribution in [0.2, 0.25) is 0 Å². The average molecular weight is 230 g/mol. The fourth-order valence-corrected chi connectivity index (χ4v) is 3.33. The third-order valence-electron chi connectivity index (χ3n) is 2.39. The molecule has 0 aromatic heterocycles. The molecule has 4 nitrogen and oxygen atoms in total. The molecule has 1 aliphatic rings. The van der Waals surface area contributed by atoms with E-state index in [0.29, 0.717) is 11.1 Å². The van der Waals surface area contributed by atoms with E-state index in [2.05, 4.69) is 4.85 Å². The van der Waals surface area contributed by atoms with Crippen molar-refractivity contribution < 1.29 is 8.42 Å². The van der Waals surface area contributed by atoms with E-state index in [1.807, 2.05) is 0 Å². The first-order valence-corrected chi connectivity index (χ1v) is 6.08. The number of rotatable bonds is 0. The summed E-state index contributed by atoms with van der Waals surface area (Å²) in [5.41, 5.74) is 0.650. The normalized spacial score (nSPS) is 19.4. The van der Waals surface area contributed by atoms with Gasteiger partial charge in [-0.25, -0.2) is 18.5 Å². The molecule has 5 heteroatoms. The maximum Gasteiger partial charge on any atom is 0.266 e. The van der Waals surface area contributed by atoms with Crippen LogP contribution >= 0.6 is 0 Å². The molecule has 0 N–H and O–H groups in total. The summed E-state index contributed by atoms with van der Waals surface area (Å²) in [6, 6.07) is 8.17. The topological polar surface area (TPSA) is 62.3 Å². The fraction of sp³-hybridized carbons (Fsp3) is 0.0909. The smallest absolute Gasteiger partial charge is 0.226 e. The van der Waals surface area contributed by atoms with Crippen LogP contribution in [0.5, 0.6) is 0 Å². The largest absolute Gasteiger partial charge is 0.266 e. The molecule has 0 unspecified atom stereocenters. The molecule has 16 heavy (non-hydrogen) atoms. The van der Waals surface area contributed by atoms with Gasteiger partial charge in [-0.1, -0.05) is 18.2 Å². The Morgan fingerprint density at radius 2 is 2.12 bits per heavy atom. The van der Waals surface area contributed by atoms with Crippen molar-refractivity contribution >= 4 is 15.4 Å². The number of nitrogens with zero attached hydrogens (tertiary/aromatic N) is 2. The second kappa shape index (κ2) is 3.48. The monoisotopic (exact) mass is 230 g/mol. The minimum absolute atomic E-state index is 0.145. The zero-order valence-corrected chi connectivity index (χ0v) is 8.95. The molecule has 0 fully saturated rings. The minimum Gasteiger partial charge on any atom is -0.226 e. The van der Waals surface area contributed by atoms with Gasteiger partial charge in [0.1, 0.15) is 0 Å². The van der Waals surface area contributed by atoms with Gasteiger partial charge in [0.15, 0.2) is 9.84 Å². The van der Waals surface area contributed by atoms with E-state index in [4.69, 9.17) is 11.8 Å². The Morgan fingerprint density at radius 3 is 2.75 bits per heavy atom.